The molecule has 0 heterocycles. The normalized spacial score (nSPS) is 11.8. The van der Waals surface area contributed by atoms with Crippen LogP contribution in [0.15, 0.2) is 48.5 Å². The first-order valence-electron chi connectivity index (χ1n) is 9.87. The monoisotopic (exact) mass is 355 g/mol. The van der Waals surface area contributed by atoms with Crippen molar-refractivity contribution in [1.29, 1.82) is 0 Å². The maximum atomic E-state index is 5.94. The number of ether oxygens (including phenoxy) is 2. The van der Waals surface area contributed by atoms with Crippen molar-refractivity contribution < 1.29 is 9.47 Å². The highest BCUT2D eigenvalue weighted by atomic mass is 16.5. The van der Waals surface area contributed by atoms with E-state index in [1.807, 2.05) is 24.3 Å². The molecule has 0 fully saturated rings. The smallest absolute Gasteiger partial charge is 0.121 e. The van der Waals surface area contributed by atoms with Crippen LogP contribution in [-0.2, 0) is 0 Å². The first kappa shape index (κ1) is 20.2. The summed E-state index contributed by atoms with van der Waals surface area (Å²) in [5, 5.41) is 3.43. The molecule has 0 bridgehead atoms. The van der Waals surface area contributed by atoms with Gasteiger partial charge in [0.1, 0.15) is 17.6 Å². The summed E-state index contributed by atoms with van der Waals surface area (Å²) in [7, 11) is 0. The van der Waals surface area contributed by atoms with E-state index in [1.54, 1.807) is 0 Å². The van der Waals surface area contributed by atoms with Crippen LogP contribution in [0.4, 0.5) is 5.69 Å². The molecule has 1 atom stereocenters. The Morgan fingerprint density at radius 1 is 0.923 bits per heavy atom. The lowest BCUT2D eigenvalue weighted by molar-refractivity contribution is 0.234. The maximum absolute atomic E-state index is 5.94. The van der Waals surface area contributed by atoms with Crippen LogP contribution < -0.4 is 14.8 Å². The van der Waals surface area contributed by atoms with Crippen molar-refractivity contribution in [3.8, 4) is 11.5 Å². The second-order valence-corrected chi connectivity index (χ2v) is 6.91. The maximum Gasteiger partial charge on any atom is 0.121 e. The molecule has 0 spiro atoms. The lowest BCUT2D eigenvalue weighted by atomic mass is 10.2. The van der Waals surface area contributed by atoms with Crippen LogP contribution in [-0.4, -0.2) is 19.3 Å². The highest BCUT2D eigenvalue weighted by Gasteiger charge is 2.05. The van der Waals surface area contributed by atoms with Gasteiger partial charge in [0, 0.05) is 11.8 Å². The first-order valence-corrected chi connectivity index (χ1v) is 9.87. The highest BCUT2D eigenvalue weighted by molar-refractivity contribution is 5.48. The molecule has 3 heteroatoms. The van der Waals surface area contributed by atoms with Crippen molar-refractivity contribution in [2.45, 2.75) is 59.0 Å². The van der Waals surface area contributed by atoms with Gasteiger partial charge in [-0.05, 0) is 44.5 Å². The third-order valence-corrected chi connectivity index (χ3v) is 4.30. The number of nitrogens with one attached hydrogen (secondary N) is 1. The van der Waals surface area contributed by atoms with Crippen LogP contribution in [0.1, 0.15) is 51.5 Å². The Hall–Kier alpha value is -2.16. The van der Waals surface area contributed by atoms with Gasteiger partial charge in [-0.2, -0.15) is 0 Å². The second-order valence-electron chi connectivity index (χ2n) is 6.91. The van der Waals surface area contributed by atoms with Crippen molar-refractivity contribution in [3.05, 3.63) is 54.1 Å². The van der Waals surface area contributed by atoms with E-state index >= 15 is 0 Å². The Morgan fingerprint density at radius 2 is 1.69 bits per heavy atom. The summed E-state index contributed by atoms with van der Waals surface area (Å²) in [5.74, 6) is 1.84. The molecule has 0 aliphatic heterocycles. The molecule has 2 aromatic carbocycles. The quantitative estimate of drug-likeness (QED) is 0.458. The number of benzene rings is 2. The van der Waals surface area contributed by atoms with Gasteiger partial charge in [0.2, 0.25) is 0 Å². The van der Waals surface area contributed by atoms with E-state index in [0.29, 0.717) is 0 Å². The molecule has 0 aliphatic carbocycles. The molecule has 26 heavy (non-hydrogen) atoms. The van der Waals surface area contributed by atoms with E-state index in [2.05, 4.69) is 50.4 Å². The molecule has 0 aliphatic rings. The first-order chi connectivity index (χ1) is 12.7. The topological polar surface area (TPSA) is 30.5 Å². The summed E-state index contributed by atoms with van der Waals surface area (Å²) in [4.78, 5) is 0. The van der Waals surface area contributed by atoms with Crippen molar-refractivity contribution in [2.24, 2.45) is 0 Å². The molecular formula is C23H33NO2. The summed E-state index contributed by atoms with van der Waals surface area (Å²) in [6.07, 6.45) is 6.36. The summed E-state index contributed by atoms with van der Waals surface area (Å²) in [6, 6.07) is 16.3. The molecule has 2 aromatic rings. The van der Waals surface area contributed by atoms with Crippen molar-refractivity contribution in [2.75, 3.05) is 18.5 Å². The number of unbranched alkanes of at least 4 members (excludes halogenated alkanes) is 4. The van der Waals surface area contributed by atoms with Crippen molar-refractivity contribution >= 4 is 5.69 Å². The number of rotatable bonds is 12. The van der Waals surface area contributed by atoms with Crippen LogP contribution >= 0.6 is 0 Å². The summed E-state index contributed by atoms with van der Waals surface area (Å²) in [5.41, 5.74) is 2.30. The van der Waals surface area contributed by atoms with Crippen LogP contribution in [0.25, 0.3) is 0 Å². The van der Waals surface area contributed by atoms with Gasteiger partial charge >= 0.3 is 0 Å². The van der Waals surface area contributed by atoms with Crippen molar-refractivity contribution in [3.63, 3.8) is 0 Å². The summed E-state index contributed by atoms with van der Waals surface area (Å²) < 4.78 is 11.8. The van der Waals surface area contributed by atoms with Gasteiger partial charge < -0.3 is 14.8 Å². The average Bonchev–Trinajstić information content (AvgIpc) is 2.65. The Balaban J connectivity index is 1.71. The van der Waals surface area contributed by atoms with Gasteiger partial charge in [0.05, 0.1) is 13.2 Å². The zero-order valence-electron chi connectivity index (χ0n) is 16.5. The van der Waals surface area contributed by atoms with E-state index in [4.69, 9.17) is 9.47 Å². The summed E-state index contributed by atoms with van der Waals surface area (Å²) >= 11 is 0. The molecule has 142 valence electrons. The lowest BCUT2D eigenvalue weighted by Gasteiger charge is -2.17. The van der Waals surface area contributed by atoms with Gasteiger partial charge in [0.25, 0.3) is 0 Å². The minimum atomic E-state index is 0.0841. The molecule has 0 amide bonds. The minimum Gasteiger partial charge on any atom is -0.494 e. The van der Waals surface area contributed by atoms with Gasteiger partial charge in [-0.1, -0.05) is 56.4 Å². The Morgan fingerprint density at radius 3 is 2.46 bits per heavy atom. The zero-order chi connectivity index (χ0) is 18.6. The predicted molar refractivity (Wildman–Crippen MR) is 110 cm³/mol. The SMILES string of the molecule is CCCCCCCOc1cccc(NCC(C)Oc2ccc(C)cc2)c1. The third-order valence-electron chi connectivity index (χ3n) is 4.30. The molecule has 0 aromatic heterocycles. The van der Waals surface area contributed by atoms with Crippen molar-refractivity contribution in [1.82, 2.24) is 0 Å². The van der Waals surface area contributed by atoms with Gasteiger partial charge in [-0.25, -0.2) is 0 Å². The number of hydrogen-bond donors (Lipinski definition) is 1. The van der Waals surface area contributed by atoms with Gasteiger partial charge in [0.15, 0.2) is 0 Å². The molecule has 1 N–H and O–H groups in total. The van der Waals surface area contributed by atoms with E-state index in [-0.39, 0.29) is 6.10 Å². The Kier molecular flexibility index (Phi) is 8.88. The fourth-order valence-corrected chi connectivity index (χ4v) is 2.74. The number of anilines is 1. The predicted octanol–water partition coefficient (Wildman–Crippen LogP) is 6.22. The molecule has 0 saturated heterocycles. The number of aryl methyl sites for hydroxylation is 1. The third kappa shape index (κ3) is 7.81. The lowest BCUT2D eigenvalue weighted by Crippen LogP contribution is -2.22. The zero-order valence-corrected chi connectivity index (χ0v) is 16.5. The largest absolute Gasteiger partial charge is 0.494 e. The van der Waals surface area contributed by atoms with E-state index < -0.39 is 0 Å². The Bertz CT molecular complexity index is 624. The van der Waals surface area contributed by atoms with E-state index in [9.17, 15) is 0 Å². The Labute approximate surface area is 158 Å². The number of hydrogen-bond acceptors (Lipinski definition) is 3. The molecule has 0 saturated carbocycles. The summed E-state index contributed by atoms with van der Waals surface area (Å²) in [6.45, 7) is 7.93. The highest BCUT2D eigenvalue weighted by Crippen LogP contribution is 2.19. The standard InChI is InChI=1S/C23H33NO2/c1-4-5-6-7-8-16-25-23-11-9-10-21(17-23)24-18-20(3)26-22-14-12-19(2)13-15-22/h9-15,17,20,24H,4-8,16,18H2,1-3H3. The molecule has 0 radical (unpaired) electrons. The van der Waals surface area contributed by atoms with Gasteiger partial charge in [-0.3, -0.25) is 0 Å². The fourth-order valence-electron chi connectivity index (χ4n) is 2.74. The van der Waals surface area contributed by atoms with Gasteiger partial charge in [-0.15, -0.1) is 0 Å². The molecule has 1 unspecified atom stereocenters. The van der Waals surface area contributed by atoms with E-state index in [1.165, 1.54) is 31.2 Å². The molecule has 3 nitrogen and oxygen atoms in total. The average molecular weight is 356 g/mol. The van der Waals surface area contributed by atoms with E-state index in [0.717, 1.165) is 36.8 Å². The second kappa shape index (κ2) is 11.5. The molecule has 2 rings (SSSR count). The van der Waals surface area contributed by atoms with Crippen LogP contribution in [0.3, 0.4) is 0 Å². The van der Waals surface area contributed by atoms with Crippen LogP contribution in [0.2, 0.25) is 0 Å². The van der Waals surface area contributed by atoms with Crippen LogP contribution in [0, 0.1) is 6.92 Å². The van der Waals surface area contributed by atoms with Crippen LogP contribution in [0.5, 0.6) is 11.5 Å². The molecular weight excluding hydrogens is 322 g/mol. The minimum absolute atomic E-state index is 0.0841. The fraction of sp³-hybridized carbons (Fsp3) is 0.478.